The van der Waals surface area contributed by atoms with Crippen molar-refractivity contribution in [2.75, 3.05) is 33.4 Å². The molecule has 22 heavy (non-hydrogen) atoms. The number of rotatable bonds is 5. The van der Waals surface area contributed by atoms with Gasteiger partial charge in [-0.2, -0.15) is 0 Å². The number of hydrogen-bond acceptors (Lipinski definition) is 3. The molecule has 0 aliphatic carbocycles. The lowest BCUT2D eigenvalue weighted by molar-refractivity contribution is 0.181. The van der Waals surface area contributed by atoms with E-state index in [2.05, 4.69) is 15.2 Å². The third-order valence-electron chi connectivity index (χ3n) is 3.68. The Morgan fingerprint density at radius 3 is 3.00 bits per heavy atom. The molecule has 1 saturated heterocycles. The van der Waals surface area contributed by atoms with Gasteiger partial charge in [-0.05, 0) is 31.0 Å². The quantitative estimate of drug-likeness (QED) is 0.645. The number of hydrogen-bond donors (Lipinski definition) is 2. The molecule has 1 aromatic carbocycles. The van der Waals surface area contributed by atoms with Crippen LogP contribution in [0.5, 0.6) is 5.75 Å². The highest BCUT2D eigenvalue weighted by atomic mass is 19.1. The molecule has 1 fully saturated rings. The lowest BCUT2D eigenvalue weighted by Gasteiger charge is -2.24. The van der Waals surface area contributed by atoms with E-state index < -0.39 is 5.82 Å². The number of phenolic OH excluding ortho intramolecular Hbond substituents is 1. The lowest BCUT2D eigenvalue weighted by atomic mass is 10.1. The van der Waals surface area contributed by atoms with E-state index in [1.54, 1.807) is 6.07 Å². The van der Waals surface area contributed by atoms with E-state index >= 15 is 0 Å². The van der Waals surface area contributed by atoms with E-state index in [1.807, 2.05) is 14.0 Å². The number of benzene rings is 1. The smallest absolute Gasteiger partial charge is 0.193 e. The van der Waals surface area contributed by atoms with Crippen molar-refractivity contribution in [3.8, 4) is 5.75 Å². The molecule has 5 nitrogen and oxygen atoms in total. The maximum atomic E-state index is 13.3. The second-order valence-corrected chi connectivity index (χ2v) is 5.57. The third kappa shape index (κ3) is 4.59. The van der Waals surface area contributed by atoms with Gasteiger partial charge in [0.25, 0.3) is 0 Å². The van der Waals surface area contributed by atoms with Crippen LogP contribution in [-0.4, -0.2) is 49.3 Å². The second-order valence-electron chi connectivity index (χ2n) is 5.57. The summed E-state index contributed by atoms with van der Waals surface area (Å²) < 4.78 is 18.7. The predicted molar refractivity (Wildman–Crippen MR) is 84.4 cm³/mol. The van der Waals surface area contributed by atoms with Gasteiger partial charge in [0.1, 0.15) is 0 Å². The minimum atomic E-state index is -0.617. The molecule has 0 radical (unpaired) electrons. The Morgan fingerprint density at radius 1 is 1.55 bits per heavy atom. The fourth-order valence-corrected chi connectivity index (χ4v) is 2.49. The van der Waals surface area contributed by atoms with Crippen molar-refractivity contribution >= 4 is 5.96 Å². The zero-order valence-corrected chi connectivity index (χ0v) is 13.2. The summed E-state index contributed by atoms with van der Waals surface area (Å²) >= 11 is 0. The average Bonchev–Trinajstić information content (AvgIpc) is 2.99. The van der Waals surface area contributed by atoms with E-state index in [0.717, 1.165) is 44.2 Å². The molecule has 0 spiro atoms. The highest BCUT2D eigenvalue weighted by Gasteiger charge is 2.19. The van der Waals surface area contributed by atoms with E-state index in [4.69, 9.17) is 4.74 Å². The van der Waals surface area contributed by atoms with Gasteiger partial charge in [0, 0.05) is 32.7 Å². The molecule has 1 aliphatic rings. The molecule has 1 heterocycles. The van der Waals surface area contributed by atoms with Gasteiger partial charge in [-0.25, -0.2) is 9.38 Å². The predicted octanol–water partition coefficient (Wildman–Crippen LogP) is 1.97. The summed E-state index contributed by atoms with van der Waals surface area (Å²) in [7, 11) is 2.00. The van der Waals surface area contributed by atoms with Crippen LogP contribution in [0.3, 0.4) is 0 Å². The highest BCUT2D eigenvalue weighted by molar-refractivity contribution is 5.79. The first-order valence-electron chi connectivity index (χ1n) is 7.64. The number of halogens is 1. The Labute approximate surface area is 130 Å². The molecule has 2 N–H and O–H groups in total. The summed E-state index contributed by atoms with van der Waals surface area (Å²) in [6.45, 7) is 5.67. The summed E-state index contributed by atoms with van der Waals surface area (Å²) in [4.78, 5) is 6.62. The number of nitrogens with zero attached hydrogens (tertiary/aromatic N) is 2. The molecule has 2 rings (SSSR count). The Bertz CT molecular complexity index is 516. The van der Waals surface area contributed by atoms with Crippen LogP contribution in [0, 0.1) is 11.7 Å². The first-order valence-corrected chi connectivity index (χ1v) is 7.64. The van der Waals surface area contributed by atoms with E-state index in [-0.39, 0.29) is 5.75 Å². The Kier molecular flexibility index (Phi) is 6.00. The lowest BCUT2D eigenvalue weighted by Crippen LogP contribution is -2.41. The van der Waals surface area contributed by atoms with Crippen molar-refractivity contribution in [2.45, 2.75) is 19.9 Å². The van der Waals surface area contributed by atoms with Gasteiger partial charge in [-0.15, -0.1) is 0 Å². The molecular weight excluding hydrogens is 285 g/mol. The minimum absolute atomic E-state index is 0.335. The van der Waals surface area contributed by atoms with E-state index in [0.29, 0.717) is 12.5 Å². The van der Waals surface area contributed by atoms with Crippen LogP contribution < -0.4 is 5.32 Å². The summed E-state index contributed by atoms with van der Waals surface area (Å²) in [5.74, 6) is 0.370. The number of ether oxygens (including phenoxy) is 1. The Balaban J connectivity index is 2.00. The molecule has 0 bridgehead atoms. The molecule has 1 atom stereocenters. The first kappa shape index (κ1) is 16.5. The second kappa shape index (κ2) is 7.98. The van der Waals surface area contributed by atoms with E-state index in [1.165, 1.54) is 12.1 Å². The average molecular weight is 309 g/mol. The summed E-state index contributed by atoms with van der Waals surface area (Å²) in [6, 6.07) is 4.34. The zero-order valence-electron chi connectivity index (χ0n) is 13.2. The van der Waals surface area contributed by atoms with Gasteiger partial charge in [0.15, 0.2) is 17.5 Å². The van der Waals surface area contributed by atoms with Crippen LogP contribution >= 0.6 is 0 Å². The van der Waals surface area contributed by atoms with Gasteiger partial charge in [-0.3, -0.25) is 0 Å². The van der Waals surface area contributed by atoms with Crippen LogP contribution in [0.15, 0.2) is 23.2 Å². The van der Waals surface area contributed by atoms with Crippen LogP contribution in [0.25, 0.3) is 0 Å². The van der Waals surface area contributed by atoms with Gasteiger partial charge < -0.3 is 20.1 Å². The van der Waals surface area contributed by atoms with Crippen molar-refractivity contribution in [3.05, 3.63) is 29.6 Å². The van der Waals surface area contributed by atoms with Crippen LogP contribution in [0.2, 0.25) is 0 Å². The van der Waals surface area contributed by atoms with Crippen molar-refractivity contribution < 1.29 is 14.2 Å². The molecule has 1 aromatic rings. The van der Waals surface area contributed by atoms with Gasteiger partial charge >= 0.3 is 0 Å². The Morgan fingerprint density at radius 2 is 2.36 bits per heavy atom. The van der Waals surface area contributed by atoms with Crippen LogP contribution in [-0.2, 0) is 11.3 Å². The van der Waals surface area contributed by atoms with Gasteiger partial charge in [-0.1, -0.05) is 6.07 Å². The minimum Gasteiger partial charge on any atom is -0.505 e. The molecule has 1 unspecified atom stereocenters. The fraction of sp³-hybridized carbons (Fsp3) is 0.562. The van der Waals surface area contributed by atoms with Crippen LogP contribution in [0.4, 0.5) is 4.39 Å². The molecular formula is C16H24FN3O2. The number of aromatic hydroxyl groups is 1. The fourth-order valence-electron chi connectivity index (χ4n) is 2.49. The van der Waals surface area contributed by atoms with Crippen LogP contribution in [0.1, 0.15) is 18.9 Å². The summed E-state index contributed by atoms with van der Waals surface area (Å²) in [5.41, 5.74) is 0.725. The van der Waals surface area contributed by atoms with Crippen molar-refractivity contribution in [2.24, 2.45) is 10.9 Å². The Hall–Kier alpha value is -1.82. The number of phenols is 1. The highest BCUT2D eigenvalue weighted by Crippen LogP contribution is 2.17. The number of aliphatic imine (C=N–C) groups is 1. The molecule has 0 amide bonds. The monoisotopic (exact) mass is 309 g/mol. The van der Waals surface area contributed by atoms with Crippen molar-refractivity contribution in [1.82, 2.24) is 10.2 Å². The topological polar surface area (TPSA) is 57.1 Å². The maximum Gasteiger partial charge on any atom is 0.193 e. The molecule has 1 aliphatic heterocycles. The standard InChI is InChI=1S/C16H24FN3O2/c1-3-18-16(20(2)10-13-6-7-22-11-13)19-9-12-4-5-15(21)14(17)8-12/h4-5,8,13,21H,3,6-7,9-11H2,1-2H3,(H,18,19). The van der Waals surface area contributed by atoms with Gasteiger partial charge in [0.05, 0.1) is 13.2 Å². The molecule has 0 saturated carbocycles. The number of nitrogens with one attached hydrogen (secondary N) is 1. The SMILES string of the molecule is CCNC(=NCc1ccc(O)c(F)c1)N(C)CC1CCOC1. The molecule has 6 heteroatoms. The summed E-state index contributed by atoms with van der Waals surface area (Å²) in [6.07, 6.45) is 1.08. The molecule has 122 valence electrons. The molecule has 0 aromatic heterocycles. The van der Waals surface area contributed by atoms with Gasteiger partial charge in [0.2, 0.25) is 0 Å². The van der Waals surface area contributed by atoms with Crippen molar-refractivity contribution in [3.63, 3.8) is 0 Å². The number of guanidine groups is 1. The summed E-state index contributed by atoms with van der Waals surface area (Å²) in [5, 5.41) is 12.5. The first-order chi connectivity index (χ1) is 10.6. The zero-order chi connectivity index (χ0) is 15.9. The third-order valence-corrected chi connectivity index (χ3v) is 3.68. The van der Waals surface area contributed by atoms with E-state index in [9.17, 15) is 9.50 Å². The largest absolute Gasteiger partial charge is 0.505 e. The maximum absolute atomic E-state index is 13.3. The van der Waals surface area contributed by atoms with Crippen molar-refractivity contribution in [1.29, 1.82) is 0 Å². The normalized spacial score (nSPS) is 18.5.